The van der Waals surface area contributed by atoms with Gasteiger partial charge in [0.2, 0.25) is 5.91 Å². The van der Waals surface area contributed by atoms with E-state index >= 15 is 0 Å². The Kier molecular flexibility index (Phi) is 10.3. The normalized spacial score (nSPS) is 13.7. The standard InChI is InChI=1S/C19H27N3O7/c20-13(17(25)22-15(18(26)27)9-10-16(23)24)7-4-8-14(21)19(28)29-11-12-5-2-1-3-6-12/h1-3,5-6,13-15H,4,7-11,20-21H2,(H,22,25)(H,23,24)(H,26,27)/t13-,14?,15+/m0/s1. The van der Waals surface area contributed by atoms with Gasteiger partial charge in [0, 0.05) is 6.42 Å². The molecule has 0 aromatic heterocycles. The number of carbonyl (C=O) groups excluding carboxylic acids is 2. The number of esters is 1. The third-order valence-electron chi connectivity index (χ3n) is 4.16. The van der Waals surface area contributed by atoms with E-state index in [4.69, 9.17) is 26.4 Å². The molecule has 1 unspecified atom stereocenters. The van der Waals surface area contributed by atoms with Crippen LogP contribution in [0.1, 0.15) is 37.7 Å². The first-order valence-electron chi connectivity index (χ1n) is 9.17. The largest absolute Gasteiger partial charge is 0.481 e. The fourth-order valence-corrected chi connectivity index (χ4v) is 2.45. The molecule has 0 aliphatic heterocycles. The third kappa shape index (κ3) is 9.67. The smallest absolute Gasteiger partial charge is 0.326 e. The molecule has 29 heavy (non-hydrogen) atoms. The van der Waals surface area contributed by atoms with Gasteiger partial charge in [0.25, 0.3) is 0 Å². The lowest BCUT2D eigenvalue weighted by atomic mass is 10.0. The van der Waals surface area contributed by atoms with E-state index in [-0.39, 0.29) is 25.9 Å². The summed E-state index contributed by atoms with van der Waals surface area (Å²) in [6.45, 7) is 0.113. The Labute approximate surface area is 168 Å². The average Bonchev–Trinajstić information content (AvgIpc) is 2.69. The van der Waals surface area contributed by atoms with Crippen molar-refractivity contribution in [2.24, 2.45) is 11.5 Å². The summed E-state index contributed by atoms with van der Waals surface area (Å²) >= 11 is 0. The number of amides is 1. The summed E-state index contributed by atoms with van der Waals surface area (Å²) in [4.78, 5) is 45.6. The number of rotatable bonds is 13. The molecule has 10 heteroatoms. The summed E-state index contributed by atoms with van der Waals surface area (Å²) in [6, 6.07) is 5.93. The van der Waals surface area contributed by atoms with E-state index in [1.165, 1.54) is 0 Å². The molecular formula is C19H27N3O7. The minimum Gasteiger partial charge on any atom is -0.481 e. The zero-order valence-electron chi connectivity index (χ0n) is 16.0. The van der Waals surface area contributed by atoms with Crippen LogP contribution < -0.4 is 16.8 Å². The summed E-state index contributed by atoms with van der Waals surface area (Å²) in [7, 11) is 0. The van der Waals surface area contributed by atoms with Crippen LogP contribution in [-0.2, 0) is 30.5 Å². The molecule has 160 valence electrons. The molecule has 0 fully saturated rings. The predicted octanol–water partition coefficient (Wildman–Crippen LogP) is -0.0111. The first-order chi connectivity index (χ1) is 13.7. The van der Waals surface area contributed by atoms with Crippen LogP contribution in [0.5, 0.6) is 0 Å². The van der Waals surface area contributed by atoms with Crippen LogP contribution in [-0.4, -0.2) is 52.2 Å². The summed E-state index contributed by atoms with van der Waals surface area (Å²) in [5, 5.41) is 19.9. The number of benzene rings is 1. The molecule has 7 N–H and O–H groups in total. The number of ether oxygens (including phenoxy) is 1. The van der Waals surface area contributed by atoms with Crippen LogP contribution in [0.2, 0.25) is 0 Å². The van der Waals surface area contributed by atoms with Gasteiger partial charge >= 0.3 is 17.9 Å². The van der Waals surface area contributed by atoms with E-state index in [0.717, 1.165) is 5.56 Å². The summed E-state index contributed by atoms with van der Waals surface area (Å²) in [5.41, 5.74) is 12.4. The zero-order valence-corrected chi connectivity index (χ0v) is 16.0. The highest BCUT2D eigenvalue weighted by Crippen LogP contribution is 2.07. The second-order valence-corrected chi connectivity index (χ2v) is 6.57. The molecule has 0 aliphatic carbocycles. The maximum absolute atomic E-state index is 12.0. The molecule has 0 aliphatic rings. The lowest BCUT2D eigenvalue weighted by molar-refractivity contribution is -0.147. The van der Waals surface area contributed by atoms with Crippen molar-refractivity contribution in [2.45, 2.75) is 56.8 Å². The van der Waals surface area contributed by atoms with Gasteiger partial charge in [-0.2, -0.15) is 0 Å². The van der Waals surface area contributed by atoms with E-state index < -0.39 is 48.4 Å². The lowest BCUT2D eigenvalue weighted by Gasteiger charge is -2.18. The number of nitrogens with two attached hydrogens (primary N) is 2. The van der Waals surface area contributed by atoms with Crippen LogP contribution in [0.4, 0.5) is 0 Å². The third-order valence-corrected chi connectivity index (χ3v) is 4.16. The second kappa shape index (κ2) is 12.5. The maximum Gasteiger partial charge on any atom is 0.326 e. The van der Waals surface area contributed by atoms with E-state index in [1.807, 2.05) is 30.3 Å². The van der Waals surface area contributed by atoms with Crippen molar-refractivity contribution in [2.75, 3.05) is 0 Å². The summed E-state index contributed by atoms with van der Waals surface area (Å²) < 4.78 is 5.13. The molecule has 0 radical (unpaired) electrons. The molecule has 0 saturated carbocycles. The molecule has 3 atom stereocenters. The van der Waals surface area contributed by atoms with E-state index in [9.17, 15) is 19.2 Å². The van der Waals surface area contributed by atoms with Gasteiger partial charge in [-0.3, -0.25) is 14.4 Å². The molecular weight excluding hydrogens is 382 g/mol. The quantitative estimate of drug-likeness (QED) is 0.280. The van der Waals surface area contributed by atoms with Gasteiger partial charge in [-0.15, -0.1) is 0 Å². The topological polar surface area (TPSA) is 182 Å². The van der Waals surface area contributed by atoms with Gasteiger partial charge in [-0.1, -0.05) is 30.3 Å². The molecule has 0 bridgehead atoms. The van der Waals surface area contributed by atoms with Crippen LogP contribution in [0.3, 0.4) is 0 Å². The highest BCUT2D eigenvalue weighted by atomic mass is 16.5. The lowest BCUT2D eigenvalue weighted by Crippen LogP contribution is -2.48. The Bertz CT molecular complexity index is 696. The van der Waals surface area contributed by atoms with Gasteiger partial charge in [-0.05, 0) is 31.2 Å². The number of carbonyl (C=O) groups is 4. The number of nitrogens with one attached hydrogen (secondary N) is 1. The molecule has 0 saturated heterocycles. The number of hydrogen-bond acceptors (Lipinski definition) is 7. The van der Waals surface area contributed by atoms with Gasteiger partial charge in [-0.25, -0.2) is 4.79 Å². The molecule has 1 rings (SSSR count). The Hall–Kier alpha value is -2.98. The first kappa shape index (κ1) is 24.1. The summed E-state index contributed by atoms with van der Waals surface area (Å²) in [6.07, 6.45) is 0.128. The molecule has 0 heterocycles. The van der Waals surface area contributed by atoms with E-state index in [1.54, 1.807) is 0 Å². The summed E-state index contributed by atoms with van der Waals surface area (Å²) in [5.74, 6) is -3.77. The number of carboxylic acid groups (broad SMARTS) is 2. The van der Waals surface area contributed by atoms with E-state index in [0.29, 0.717) is 6.42 Å². The van der Waals surface area contributed by atoms with Gasteiger partial charge in [0.1, 0.15) is 18.7 Å². The molecule has 10 nitrogen and oxygen atoms in total. The maximum atomic E-state index is 12.0. The Morgan fingerprint density at radius 1 is 0.966 bits per heavy atom. The molecule has 0 spiro atoms. The highest BCUT2D eigenvalue weighted by molar-refractivity contribution is 5.87. The fraction of sp³-hybridized carbons (Fsp3) is 0.474. The van der Waals surface area contributed by atoms with Crippen LogP contribution >= 0.6 is 0 Å². The van der Waals surface area contributed by atoms with Crippen molar-refractivity contribution in [3.05, 3.63) is 35.9 Å². The van der Waals surface area contributed by atoms with Crippen molar-refractivity contribution in [3.63, 3.8) is 0 Å². The number of hydrogen-bond donors (Lipinski definition) is 5. The predicted molar refractivity (Wildman–Crippen MR) is 102 cm³/mol. The van der Waals surface area contributed by atoms with Crippen molar-refractivity contribution in [1.82, 2.24) is 5.32 Å². The van der Waals surface area contributed by atoms with E-state index in [2.05, 4.69) is 5.32 Å². The SMILES string of the molecule is NC(CCC[C@H](N)C(=O)N[C@H](CCC(=O)O)C(=O)O)C(=O)OCc1ccccc1. The second-order valence-electron chi connectivity index (χ2n) is 6.57. The van der Waals surface area contributed by atoms with Crippen molar-refractivity contribution < 1.29 is 34.1 Å². The van der Waals surface area contributed by atoms with Crippen LogP contribution in [0.15, 0.2) is 30.3 Å². The van der Waals surface area contributed by atoms with Crippen molar-refractivity contribution >= 4 is 23.8 Å². The fourth-order valence-electron chi connectivity index (χ4n) is 2.45. The minimum absolute atomic E-state index is 0.113. The van der Waals surface area contributed by atoms with Crippen LogP contribution in [0.25, 0.3) is 0 Å². The number of aliphatic carboxylic acids is 2. The average molecular weight is 409 g/mol. The van der Waals surface area contributed by atoms with Gasteiger partial charge < -0.3 is 31.7 Å². The zero-order chi connectivity index (χ0) is 21.8. The highest BCUT2D eigenvalue weighted by Gasteiger charge is 2.24. The first-order valence-corrected chi connectivity index (χ1v) is 9.17. The Morgan fingerprint density at radius 3 is 2.17 bits per heavy atom. The van der Waals surface area contributed by atoms with Gasteiger partial charge in [0.15, 0.2) is 0 Å². The number of carboxylic acids is 2. The molecule has 1 amide bonds. The Morgan fingerprint density at radius 2 is 1.59 bits per heavy atom. The molecule has 1 aromatic carbocycles. The van der Waals surface area contributed by atoms with Gasteiger partial charge in [0.05, 0.1) is 6.04 Å². The monoisotopic (exact) mass is 409 g/mol. The van der Waals surface area contributed by atoms with Crippen molar-refractivity contribution in [1.29, 1.82) is 0 Å². The molecule has 1 aromatic rings. The van der Waals surface area contributed by atoms with Crippen LogP contribution in [0, 0.1) is 0 Å². The Balaban J connectivity index is 2.33. The van der Waals surface area contributed by atoms with Crippen molar-refractivity contribution in [3.8, 4) is 0 Å². The minimum atomic E-state index is -1.34.